The molecular weight excluding hydrogens is 208 g/mol. The fraction of sp³-hybridized carbons (Fsp3) is 0.467. The van der Waals surface area contributed by atoms with Crippen molar-refractivity contribution in [2.75, 3.05) is 0 Å². The lowest BCUT2D eigenvalue weighted by molar-refractivity contribution is 0.638. The topological polar surface area (TPSA) is 25.8 Å². The summed E-state index contributed by atoms with van der Waals surface area (Å²) in [6.45, 7) is 2.24. The van der Waals surface area contributed by atoms with Crippen LogP contribution in [0, 0.1) is 12.3 Å². The quantitative estimate of drug-likeness (QED) is 0.523. The highest BCUT2D eigenvalue weighted by molar-refractivity contribution is 5.46. The van der Waals surface area contributed by atoms with Crippen molar-refractivity contribution in [1.29, 1.82) is 0 Å². The number of allylic oxidation sites excluding steroid dienone is 1. The fourth-order valence-corrected chi connectivity index (χ4v) is 1.58. The maximum Gasteiger partial charge on any atom is 0.204 e. The monoisotopic (exact) mass is 228 g/mol. The van der Waals surface area contributed by atoms with Crippen LogP contribution in [0.3, 0.4) is 0 Å². The molecule has 0 unspecified atom stereocenters. The number of hydrogen-bond donors (Lipinski definition) is 0. The Kier molecular flexibility index (Phi) is 6.74. The van der Waals surface area contributed by atoms with E-state index in [0.29, 0.717) is 5.82 Å². The van der Waals surface area contributed by atoms with Crippen molar-refractivity contribution >= 4 is 6.08 Å². The molecule has 1 aromatic rings. The van der Waals surface area contributed by atoms with E-state index in [9.17, 15) is 0 Å². The molecular formula is C15H20N2. The zero-order valence-electron chi connectivity index (χ0n) is 10.5. The molecule has 90 valence electrons. The first-order chi connectivity index (χ1) is 8.36. The van der Waals surface area contributed by atoms with Crippen molar-refractivity contribution in [2.45, 2.75) is 45.4 Å². The molecule has 0 spiro atoms. The Labute approximate surface area is 104 Å². The minimum Gasteiger partial charge on any atom is -0.229 e. The van der Waals surface area contributed by atoms with Crippen LogP contribution in [0.5, 0.6) is 0 Å². The van der Waals surface area contributed by atoms with E-state index in [1.165, 1.54) is 32.1 Å². The highest BCUT2D eigenvalue weighted by atomic mass is 14.8. The van der Waals surface area contributed by atoms with E-state index < -0.39 is 0 Å². The molecule has 0 atom stereocenters. The second kappa shape index (κ2) is 8.52. The van der Waals surface area contributed by atoms with Crippen LogP contribution in [0.4, 0.5) is 0 Å². The third-order valence-corrected chi connectivity index (χ3v) is 2.59. The van der Waals surface area contributed by atoms with Gasteiger partial charge < -0.3 is 0 Å². The van der Waals surface area contributed by atoms with Crippen molar-refractivity contribution in [2.24, 2.45) is 0 Å². The highest BCUT2D eigenvalue weighted by Gasteiger charge is 1.91. The van der Waals surface area contributed by atoms with Crippen molar-refractivity contribution < 1.29 is 0 Å². The molecule has 0 aliphatic carbocycles. The van der Waals surface area contributed by atoms with Crippen LogP contribution in [0.25, 0.3) is 6.08 Å². The number of aromatic nitrogens is 2. The summed E-state index contributed by atoms with van der Waals surface area (Å²) in [5, 5.41) is 0. The van der Waals surface area contributed by atoms with Crippen LogP contribution in [0.15, 0.2) is 18.5 Å². The maximum absolute atomic E-state index is 5.19. The molecule has 1 heterocycles. The standard InChI is InChI=1S/C15H20N2/c1-3-5-6-7-8-9-10-11-14-12-16-15(4-2)17-13-14/h2,10-13H,3,5-9H2,1H3. The average molecular weight is 228 g/mol. The first-order valence-corrected chi connectivity index (χ1v) is 6.32. The maximum atomic E-state index is 5.19. The predicted octanol–water partition coefficient (Wildman–Crippen LogP) is 3.83. The summed E-state index contributed by atoms with van der Waals surface area (Å²) < 4.78 is 0. The van der Waals surface area contributed by atoms with Crippen LogP contribution in [-0.4, -0.2) is 9.97 Å². The lowest BCUT2D eigenvalue weighted by atomic mass is 10.1. The normalized spacial score (nSPS) is 10.6. The molecule has 17 heavy (non-hydrogen) atoms. The van der Waals surface area contributed by atoms with E-state index in [4.69, 9.17) is 6.42 Å². The van der Waals surface area contributed by atoms with Crippen LogP contribution < -0.4 is 0 Å². The van der Waals surface area contributed by atoms with Crippen molar-refractivity contribution in [1.82, 2.24) is 9.97 Å². The molecule has 0 aromatic carbocycles. The summed E-state index contributed by atoms with van der Waals surface area (Å²) in [7, 11) is 0. The Hall–Kier alpha value is -1.62. The van der Waals surface area contributed by atoms with Gasteiger partial charge in [0.1, 0.15) is 0 Å². The molecule has 0 aliphatic rings. The summed E-state index contributed by atoms with van der Waals surface area (Å²) in [6, 6.07) is 0. The molecule has 0 saturated carbocycles. The van der Waals surface area contributed by atoms with E-state index in [0.717, 1.165) is 12.0 Å². The summed E-state index contributed by atoms with van der Waals surface area (Å²) in [5.74, 6) is 2.85. The predicted molar refractivity (Wildman–Crippen MR) is 72.4 cm³/mol. The van der Waals surface area contributed by atoms with Crippen LogP contribution in [0.2, 0.25) is 0 Å². The van der Waals surface area contributed by atoms with Crippen LogP contribution in [-0.2, 0) is 0 Å². The lowest BCUT2D eigenvalue weighted by Gasteiger charge is -1.96. The van der Waals surface area contributed by atoms with Gasteiger partial charge >= 0.3 is 0 Å². The van der Waals surface area contributed by atoms with Crippen LogP contribution in [0.1, 0.15) is 56.8 Å². The molecule has 1 rings (SSSR count). The minimum absolute atomic E-state index is 0.446. The molecule has 0 saturated heterocycles. The van der Waals surface area contributed by atoms with E-state index in [2.05, 4.69) is 35.0 Å². The van der Waals surface area contributed by atoms with Crippen molar-refractivity contribution in [3.63, 3.8) is 0 Å². The van der Waals surface area contributed by atoms with Gasteiger partial charge in [-0.3, -0.25) is 0 Å². The van der Waals surface area contributed by atoms with E-state index in [1.807, 2.05) is 0 Å². The van der Waals surface area contributed by atoms with E-state index >= 15 is 0 Å². The minimum atomic E-state index is 0.446. The van der Waals surface area contributed by atoms with Gasteiger partial charge in [-0.25, -0.2) is 9.97 Å². The molecule has 0 bridgehead atoms. The third kappa shape index (κ3) is 5.87. The number of hydrogen-bond acceptors (Lipinski definition) is 2. The first kappa shape index (κ1) is 13.4. The van der Waals surface area contributed by atoms with Gasteiger partial charge in [-0.15, -0.1) is 6.42 Å². The summed E-state index contributed by atoms with van der Waals surface area (Å²) >= 11 is 0. The Morgan fingerprint density at radius 2 is 1.88 bits per heavy atom. The summed E-state index contributed by atoms with van der Waals surface area (Å²) in [6.07, 6.45) is 20.7. The summed E-state index contributed by atoms with van der Waals surface area (Å²) in [5.41, 5.74) is 1.01. The van der Waals surface area contributed by atoms with E-state index in [1.54, 1.807) is 12.4 Å². The van der Waals surface area contributed by atoms with Gasteiger partial charge in [0.05, 0.1) is 0 Å². The Bertz CT molecular complexity index is 371. The molecule has 0 N–H and O–H groups in total. The second-order valence-corrected chi connectivity index (χ2v) is 4.09. The van der Waals surface area contributed by atoms with Gasteiger partial charge in [-0.2, -0.15) is 0 Å². The third-order valence-electron chi connectivity index (χ3n) is 2.59. The average Bonchev–Trinajstić information content (AvgIpc) is 2.38. The number of nitrogens with zero attached hydrogens (tertiary/aromatic N) is 2. The molecule has 1 aromatic heterocycles. The smallest absolute Gasteiger partial charge is 0.204 e. The number of terminal acetylenes is 1. The van der Waals surface area contributed by atoms with Crippen molar-refractivity contribution in [3.05, 3.63) is 29.9 Å². The van der Waals surface area contributed by atoms with E-state index in [-0.39, 0.29) is 0 Å². The summed E-state index contributed by atoms with van der Waals surface area (Å²) in [4.78, 5) is 8.08. The lowest BCUT2D eigenvalue weighted by Crippen LogP contribution is -1.87. The molecule has 0 amide bonds. The van der Waals surface area contributed by atoms with Gasteiger partial charge in [-0.1, -0.05) is 44.8 Å². The van der Waals surface area contributed by atoms with Gasteiger partial charge in [0.2, 0.25) is 5.82 Å². The van der Waals surface area contributed by atoms with Gasteiger partial charge in [0.15, 0.2) is 0 Å². The Morgan fingerprint density at radius 1 is 1.18 bits per heavy atom. The largest absolute Gasteiger partial charge is 0.229 e. The SMILES string of the molecule is C#Cc1ncc(C=CCCCCCCC)cn1. The fourth-order valence-electron chi connectivity index (χ4n) is 1.58. The number of rotatable bonds is 7. The number of unbranched alkanes of at least 4 members (excludes halogenated alkanes) is 5. The van der Waals surface area contributed by atoms with Gasteiger partial charge in [-0.05, 0) is 18.8 Å². The molecule has 0 aliphatic heterocycles. The first-order valence-electron chi connectivity index (χ1n) is 6.32. The highest BCUT2D eigenvalue weighted by Crippen LogP contribution is 2.07. The molecule has 0 radical (unpaired) electrons. The second-order valence-electron chi connectivity index (χ2n) is 4.09. The van der Waals surface area contributed by atoms with Gasteiger partial charge in [0, 0.05) is 18.0 Å². The molecule has 2 nitrogen and oxygen atoms in total. The zero-order chi connectivity index (χ0) is 12.3. The molecule has 0 fully saturated rings. The molecule has 2 heteroatoms. The Morgan fingerprint density at radius 3 is 2.53 bits per heavy atom. The van der Waals surface area contributed by atoms with Crippen molar-refractivity contribution in [3.8, 4) is 12.3 Å². The zero-order valence-corrected chi connectivity index (χ0v) is 10.5. The Balaban J connectivity index is 2.21. The van der Waals surface area contributed by atoms with Gasteiger partial charge in [0.25, 0.3) is 0 Å². The van der Waals surface area contributed by atoms with Crippen LogP contribution >= 0.6 is 0 Å².